The normalized spacial score (nSPS) is 15.5. The summed E-state index contributed by atoms with van der Waals surface area (Å²) < 4.78 is 8.45. The molecule has 0 saturated heterocycles. The molecule has 1 aromatic heterocycles. The average Bonchev–Trinajstić information content (AvgIpc) is 3.04. The molecule has 0 atom stereocenters. The first-order valence-corrected chi connectivity index (χ1v) is 9.87. The Morgan fingerprint density at radius 3 is 2.62 bits per heavy atom. The van der Waals surface area contributed by atoms with Gasteiger partial charge in [-0.05, 0) is 62.1 Å². The van der Waals surface area contributed by atoms with Gasteiger partial charge in [0.1, 0.15) is 18.2 Å². The van der Waals surface area contributed by atoms with Crippen molar-refractivity contribution >= 4 is 11.0 Å². The van der Waals surface area contributed by atoms with Crippen LogP contribution in [-0.4, -0.2) is 16.2 Å². The van der Waals surface area contributed by atoms with E-state index in [0.717, 1.165) is 17.8 Å². The number of nitrogens with zero attached hydrogens (tertiary/aromatic N) is 2. The second kappa shape index (κ2) is 7.53. The number of benzene rings is 2. The molecule has 4 rings (SSSR count). The highest BCUT2D eigenvalue weighted by atomic mass is 16.5. The molecule has 1 fully saturated rings. The molecule has 1 heterocycles. The summed E-state index contributed by atoms with van der Waals surface area (Å²) >= 11 is 0. The fourth-order valence-electron chi connectivity index (χ4n) is 4.06. The fraction of sp³-hybridized carbons (Fsp3) is 0.435. The zero-order valence-corrected chi connectivity index (χ0v) is 15.9. The topological polar surface area (TPSA) is 27.1 Å². The second-order valence-corrected chi connectivity index (χ2v) is 7.54. The van der Waals surface area contributed by atoms with Gasteiger partial charge in [-0.2, -0.15) is 0 Å². The summed E-state index contributed by atoms with van der Waals surface area (Å²) in [5.41, 5.74) is 4.92. The Morgan fingerprint density at radius 2 is 1.81 bits per heavy atom. The summed E-state index contributed by atoms with van der Waals surface area (Å²) in [6.45, 7) is 5.78. The molecule has 3 nitrogen and oxygen atoms in total. The minimum Gasteiger partial charge on any atom is -0.492 e. The van der Waals surface area contributed by atoms with Crippen molar-refractivity contribution in [2.75, 3.05) is 6.61 Å². The van der Waals surface area contributed by atoms with Crippen molar-refractivity contribution in [1.82, 2.24) is 9.55 Å². The maximum Gasteiger partial charge on any atom is 0.119 e. The standard InChI is InChI=1S/C23H28N2O/c1-17-12-13-20(16-18(17)2)26-15-14-25-22-11-7-6-10-21(22)24-23(25)19-8-4-3-5-9-19/h6-7,10-13,16,19H,3-5,8-9,14-15H2,1-2H3. The maximum absolute atomic E-state index is 6.06. The monoisotopic (exact) mass is 348 g/mol. The van der Waals surface area contributed by atoms with Crippen molar-refractivity contribution in [3.63, 3.8) is 0 Å². The Hall–Kier alpha value is -2.29. The molecule has 1 aliphatic carbocycles. The number of hydrogen-bond donors (Lipinski definition) is 0. The molecule has 2 aromatic carbocycles. The number of rotatable bonds is 5. The van der Waals surface area contributed by atoms with Crippen LogP contribution in [0.2, 0.25) is 0 Å². The molecule has 0 spiro atoms. The van der Waals surface area contributed by atoms with Crippen molar-refractivity contribution in [2.24, 2.45) is 0 Å². The molecular formula is C23H28N2O. The van der Waals surface area contributed by atoms with Crippen molar-refractivity contribution in [2.45, 2.75) is 58.4 Å². The summed E-state index contributed by atoms with van der Waals surface area (Å²) in [6.07, 6.45) is 6.55. The van der Waals surface area contributed by atoms with Gasteiger partial charge in [0, 0.05) is 5.92 Å². The smallest absolute Gasteiger partial charge is 0.119 e. The van der Waals surface area contributed by atoms with E-state index in [0.29, 0.717) is 12.5 Å². The number of fused-ring (bicyclic) bond motifs is 1. The maximum atomic E-state index is 6.06. The Bertz CT molecular complexity index is 890. The number of aromatic nitrogens is 2. The average molecular weight is 348 g/mol. The molecule has 0 N–H and O–H groups in total. The third-order valence-electron chi connectivity index (χ3n) is 5.72. The molecule has 0 radical (unpaired) electrons. The first-order chi connectivity index (χ1) is 12.7. The van der Waals surface area contributed by atoms with Gasteiger partial charge >= 0.3 is 0 Å². The second-order valence-electron chi connectivity index (χ2n) is 7.54. The molecule has 0 unspecified atom stereocenters. The molecule has 1 saturated carbocycles. The quantitative estimate of drug-likeness (QED) is 0.584. The highest BCUT2D eigenvalue weighted by Gasteiger charge is 2.22. The number of para-hydroxylation sites is 2. The van der Waals surface area contributed by atoms with Gasteiger partial charge in [-0.15, -0.1) is 0 Å². The van der Waals surface area contributed by atoms with Crippen molar-refractivity contribution in [1.29, 1.82) is 0 Å². The predicted molar refractivity (Wildman–Crippen MR) is 107 cm³/mol. The minimum absolute atomic E-state index is 0.595. The van der Waals surface area contributed by atoms with Gasteiger partial charge < -0.3 is 9.30 Å². The molecule has 26 heavy (non-hydrogen) atoms. The van der Waals surface area contributed by atoms with Gasteiger partial charge in [0.25, 0.3) is 0 Å². The molecule has 0 amide bonds. The van der Waals surface area contributed by atoms with Gasteiger partial charge in [-0.1, -0.05) is 37.5 Å². The zero-order chi connectivity index (χ0) is 17.9. The van der Waals surface area contributed by atoms with Gasteiger partial charge in [-0.25, -0.2) is 4.98 Å². The molecule has 1 aliphatic rings. The summed E-state index contributed by atoms with van der Waals surface area (Å²) in [7, 11) is 0. The predicted octanol–water partition coefficient (Wildman–Crippen LogP) is 5.78. The number of aryl methyl sites for hydroxylation is 2. The van der Waals surface area contributed by atoms with Crippen molar-refractivity contribution in [3.8, 4) is 5.75 Å². The number of ether oxygens (including phenoxy) is 1. The SMILES string of the molecule is Cc1ccc(OCCn2c(C3CCCCC3)nc3ccccc32)cc1C. The van der Waals surface area contributed by atoms with Crippen LogP contribution in [0.25, 0.3) is 11.0 Å². The van der Waals surface area contributed by atoms with Gasteiger partial charge in [0.05, 0.1) is 17.6 Å². The molecule has 136 valence electrons. The van der Waals surface area contributed by atoms with Crippen LogP contribution in [0.1, 0.15) is 55.0 Å². The highest BCUT2D eigenvalue weighted by molar-refractivity contribution is 5.76. The largest absolute Gasteiger partial charge is 0.492 e. The van der Waals surface area contributed by atoms with E-state index >= 15 is 0 Å². The van der Waals surface area contributed by atoms with Crippen LogP contribution in [-0.2, 0) is 6.54 Å². The Balaban J connectivity index is 1.55. The third-order valence-corrected chi connectivity index (χ3v) is 5.72. The van der Waals surface area contributed by atoms with Gasteiger partial charge in [0.2, 0.25) is 0 Å². The first kappa shape index (κ1) is 17.1. The fourth-order valence-corrected chi connectivity index (χ4v) is 4.06. The molecular weight excluding hydrogens is 320 g/mol. The van der Waals surface area contributed by atoms with Crippen LogP contribution in [0.5, 0.6) is 5.75 Å². The third kappa shape index (κ3) is 3.48. The van der Waals surface area contributed by atoms with E-state index in [4.69, 9.17) is 9.72 Å². The van der Waals surface area contributed by atoms with E-state index in [1.54, 1.807) is 0 Å². The van der Waals surface area contributed by atoms with E-state index in [-0.39, 0.29) is 0 Å². The van der Waals surface area contributed by atoms with Crippen LogP contribution in [0.3, 0.4) is 0 Å². The number of imidazole rings is 1. The summed E-state index contributed by atoms with van der Waals surface area (Å²) in [5, 5.41) is 0. The summed E-state index contributed by atoms with van der Waals surface area (Å²) in [6, 6.07) is 14.8. The van der Waals surface area contributed by atoms with Gasteiger partial charge in [0.15, 0.2) is 0 Å². The molecule has 3 aromatic rings. The van der Waals surface area contributed by atoms with E-state index in [2.05, 4.69) is 60.9 Å². The first-order valence-electron chi connectivity index (χ1n) is 9.87. The van der Waals surface area contributed by atoms with E-state index in [9.17, 15) is 0 Å². The lowest BCUT2D eigenvalue weighted by Gasteiger charge is -2.22. The zero-order valence-electron chi connectivity index (χ0n) is 15.9. The van der Waals surface area contributed by atoms with Crippen molar-refractivity contribution in [3.05, 3.63) is 59.4 Å². The number of hydrogen-bond acceptors (Lipinski definition) is 2. The highest BCUT2D eigenvalue weighted by Crippen LogP contribution is 2.33. The van der Waals surface area contributed by atoms with Crippen molar-refractivity contribution < 1.29 is 4.74 Å². The van der Waals surface area contributed by atoms with Crippen LogP contribution in [0.4, 0.5) is 0 Å². The lowest BCUT2D eigenvalue weighted by atomic mass is 9.88. The van der Waals surface area contributed by atoms with Gasteiger partial charge in [-0.3, -0.25) is 0 Å². The van der Waals surface area contributed by atoms with E-state index in [1.165, 1.54) is 54.6 Å². The lowest BCUT2D eigenvalue weighted by molar-refractivity contribution is 0.294. The summed E-state index contributed by atoms with van der Waals surface area (Å²) in [5.74, 6) is 2.81. The van der Waals surface area contributed by atoms with E-state index in [1.807, 2.05) is 0 Å². The van der Waals surface area contributed by atoms with Crippen LogP contribution < -0.4 is 4.74 Å². The Morgan fingerprint density at radius 1 is 1.00 bits per heavy atom. The Kier molecular flexibility index (Phi) is 4.96. The summed E-state index contributed by atoms with van der Waals surface area (Å²) in [4.78, 5) is 5.00. The lowest BCUT2D eigenvalue weighted by Crippen LogP contribution is -2.15. The van der Waals surface area contributed by atoms with Crippen LogP contribution >= 0.6 is 0 Å². The minimum atomic E-state index is 0.595. The molecule has 3 heteroatoms. The van der Waals surface area contributed by atoms with Crippen LogP contribution in [0, 0.1) is 13.8 Å². The Labute approximate surface area is 156 Å². The van der Waals surface area contributed by atoms with Crippen LogP contribution in [0.15, 0.2) is 42.5 Å². The molecule has 0 aliphatic heterocycles. The van der Waals surface area contributed by atoms with E-state index < -0.39 is 0 Å². The molecule has 0 bridgehead atoms.